The van der Waals surface area contributed by atoms with Crippen LogP contribution in [0.4, 0.5) is 0 Å². The minimum Gasteiger partial charge on any atom is -0.375 e. The first-order chi connectivity index (χ1) is 11.9. The molecule has 1 fully saturated rings. The van der Waals surface area contributed by atoms with Gasteiger partial charge in [0.2, 0.25) is 0 Å². The molecule has 1 N–H and O–H groups in total. The lowest BCUT2D eigenvalue weighted by atomic mass is 10.2. The molecular formula is C17H26N6O. The van der Waals surface area contributed by atoms with Crippen LogP contribution in [0.15, 0.2) is 24.5 Å². The number of aromatic nitrogens is 4. The van der Waals surface area contributed by atoms with Crippen LogP contribution in [0, 0.1) is 0 Å². The number of nitrogens with one attached hydrogen (secondary N) is 1. The molecule has 130 valence electrons. The van der Waals surface area contributed by atoms with Crippen molar-refractivity contribution in [3.63, 3.8) is 0 Å². The number of hydrogen-bond donors (Lipinski definition) is 1. The van der Waals surface area contributed by atoms with Gasteiger partial charge in [-0.15, -0.1) is 0 Å². The zero-order valence-corrected chi connectivity index (χ0v) is 14.1. The van der Waals surface area contributed by atoms with Crippen LogP contribution in [0.2, 0.25) is 0 Å². The van der Waals surface area contributed by atoms with Gasteiger partial charge in [0.1, 0.15) is 0 Å². The monoisotopic (exact) mass is 330 g/mol. The first-order valence-electron chi connectivity index (χ1n) is 8.94. The number of nitrogens with zero attached hydrogens (tertiary/aromatic N) is 5. The molecule has 1 unspecified atom stereocenters. The molecule has 24 heavy (non-hydrogen) atoms. The van der Waals surface area contributed by atoms with Gasteiger partial charge in [0.25, 0.3) is 0 Å². The third kappa shape index (κ3) is 3.85. The zero-order valence-electron chi connectivity index (χ0n) is 14.1. The molecule has 2 aliphatic rings. The summed E-state index contributed by atoms with van der Waals surface area (Å²) in [5, 5.41) is 12.6. The third-order valence-corrected chi connectivity index (χ3v) is 4.71. The Hall–Kier alpha value is -1.70. The van der Waals surface area contributed by atoms with E-state index in [1.807, 2.05) is 23.1 Å². The summed E-state index contributed by atoms with van der Waals surface area (Å²) in [5.41, 5.74) is 2.48. The first kappa shape index (κ1) is 15.8. The number of ether oxygens (including phenoxy) is 1. The van der Waals surface area contributed by atoms with Crippen molar-refractivity contribution in [2.45, 2.75) is 45.1 Å². The van der Waals surface area contributed by atoms with Crippen molar-refractivity contribution >= 4 is 0 Å². The lowest BCUT2D eigenvalue weighted by Crippen LogP contribution is -2.34. The molecule has 1 saturated heterocycles. The second-order valence-corrected chi connectivity index (χ2v) is 6.69. The normalized spacial score (nSPS) is 22.8. The molecule has 7 heteroatoms. The van der Waals surface area contributed by atoms with E-state index >= 15 is 0 Å². The lowest BCUT2D eigenvalue weighted by Gasteiger charge is -2.22. The maximum absolute atomic E-state index is 6.00. The first-order valence-corrected chi connectivity index (χ1v) is 8.94. The average molecular weight is 330 g/mol. The van der Waals surface area contributed by atoms with Gasteiger partial charge < -0.3 is 10.1 Å². The third-order valence-electron chi connectivity index (χ3n) is 4.71. The predicted molar refractivity (Wildman–Crippen MR) is 90.4 cm³/mol. The van der Waals surface area contributed by atoms with Gasteiger partial charge in [0, 0.05) is 51.7 Å². The molecule has 2 aromatic heterocycles. The Morgan fingerprint density at radius 3 is 3.21 bits per heavy atom. The molecule has 0 aliphatic carbocycles. The zero-order chi connectivity index (χ0) is 16.2. The van der Waals surface area contributed by atoms with Crippen LogP contribution in [0.25, 0.3) is 0 Å². The van der Waals surface area contributed by atoms with E-state index in [4.69, 9.17) is 9.84 Å². The van der Waals surface area contributed by atoms with Crippen molar-refractivity contribution < 1.29 is 4.74 Å². The fourth-order valence-electron chi connectivity index (χ4n) is 3.57. The fraction of sp³-hybridized carbons (Fsp3) is 0.647. The molecule has 0 amide bonds. The largest absolute Gasteiger partial charge is 0.375 e. The van der Waals surface area contributed by atoms with Crippen LogP contribution < -0.4 is 5.32 Å². The van der Waals surface area contributed by atoms with Crippen molar-refractivity contribution in [1.29, 1.82) is 0 Å². The molecule has 7 nitrogen and oxygen atoms in total. The highest BCUT2D eigenvalue weighted by Gasteiger charge is 2.21. The van der Waals surface area contributed by atoms with E-state index < -0.39 is 0 Å². The van der Waals surface area contributed by atoms with Gasteiger partial charge in [-0.3, -0.25) is 14.3 Å². The second-order valence-electron chi connectivity index (χ2n) is 6.69. The van der Waals surface area contributed by atoms with E-state index in [1.54, 1.807) is 0 Å². The van der Waals surface area contributed by atoms with Crippen molar-refractivity contribution in [1.82, 2.24) is 29.8 Å². The van der Waals surface area contributed by atoms with Gasteiger partial charge in [0.05, 0.1) is 24.0 Å². The molecule has 1 atom stereocenters. The summed E-state index contributed by atoms with van der Waals surface area (Å²) in [4.78, 5) is 2.47. The molecule has 4 heterocycles. The molecule has 2 aromatic rings. The maximum Gasteiger partial charge on any atom is 0.0897 e. The quantitative estimate of drug-likeness (QED) is 0.901. The van der Waals surface area contributed by atoms with E-state index in [9.17, 15) is 0 Å². The topological polar surface area (TPSA) is 60.1 Å². The Balaban J connectivity index is 1.39. The van der Waals surface area contributed by atoms with E-state index in [0.717, 1.165) is 65.3 Å². The molecule has 0 spiro atoms. The van der Waals surface area contributed by atoms with E-state index in [2.05, 4.69) is 26.1 Å². The summed E-state index contributed by atoms with van der Waals surface area (Å²) in [5.74, 6) is 0. The van der Waals surface area contributed by atoms with Crippen LogP contribution in [0.5, 0.6) is 0 Å². The Bertz CT molecular complexity index is 614. The highest BCUT2D eigenvalue weighted by Crippen LogP contribution is 2.14. The average Bonchev–Trinajstić information content (AvgIpc) is 3.09. The minimum absolute atomic E-state index is 0.189. The Labute approximate surface area is 142 Å². The van der Waals surface area contributed by atoms with Gasteiger partial charge in [-0.1, -0.05) is 0 Å². The summed E-state index contributed by atoms with van der Waals surface area (Å²) in [6.07, 6.45) is 6.23. The highest BCUT2D eigenvalue weighted by molar-refractivity contribution is 5.11. The van der Waals surface area contributed by atoms with E-state index in [0.29, 0.717) is 0 Å². The number of fused-ring (bicyclic) bond motifs is 1. The summed E-state index contributed by atoms with van der Waals surface area (Å²) in [7, 11) is 0. The Kier molecular flexibility index (Phi) is 4.91. The summed E-state index contributed by atoms with van der Waals surface area (Å²) in [6, 6.07) is 4.22. The van der Waals surface area contributed by atoms with Crippen molar-refractivity contribution in [3.8, 4) is 0 Å². The summed E-state index contributed by atoms with van der Waals surface area (Å²) < 4.78 is 10.1. The highest BCUT2D eigenvalue weighted by atomic mass is 16.5. The minimum atomic E-state index is 0.189. The molecule has 2 aliphatic heterocycles. The van der Waals surface area contributed by atoms with Crippen LogP contribution in [-0.4, -0.2) is 56.8 Å². The van der Waals surface area contributed by atoms with Crippen LogP contribution in [0.3, 0.4) is 0 Å². The number of hydrogen-bond acceptors (Lipinski definition) is 5. The summed E-state index contributed by atoms with van der Waals surface area (Å²) in [6.45, 7) is 7.57. The molecule has 4 rings (SSSR count). The number of rotatable bonds is 4. The van der Waals surface area contributed by atoms with Crippen LogP contribution in [-0.2, 0) is 30.9 Å². The maximum atomic E-state index is 6.00. The lowest BCUT2D eigenvalue weighted by molar-refractivity contribution is 0.0389. The second kappa shape index (κ2) is 7.46. The standard InChI is InChI=1S/C17H26N6O/c1-4-18-11-16-10-15(20-23(16)8-1)12-21-6-3-9-24-17(13-21)14-22-7-2-5-19-22/h2,5,7,10,17-18H,1,3-4,6,8-9,11-14H2. The SMILES string of the molecule is c1cnn(CC2CN(Cc3cc4n(n3)CCCNC4)CCCO2)c1. The summed E-state index contributed by atoms with van der Waals surface area (Å²) >= 11 is 0. The van der Waals surface area contributed by atoms with Crippen LogP contribution in [0.1, 0.15) is 24.2 Å². The Morgan fingerprint density at radius 1 is 1.29 bits per heavy atom. The van der Waals surface area contributed by atoms with Gasteiger partial charge in [-0.2, -0.15) is 10.2 Å². The van der Waals surface area contributed by atoms with Gasteiger partial charge in [0.15, 0.2) is 0 Å². The predicted octanol–water partition coefficient (Wildman–Crippen LogP) is 0.864. The molecule has 0 radical (unpaired) electrons. The van der Waals surface area contributed by atoms with E-state index in [1.165, 1.54) is 11.4 Å². The van der Waals surface area contributed by atoms with Crippen molar-refractivity contribution in [2.75, 3.05) is 26.2 Å². The van der Waals surface area contributed by atoms with Gasteiger partial charge >= 0.3 is 0 Å². The van der Waals surface area contributed by atoms with Crippen molar-refractivity contribution in [2.24, 2.45) is 0 Å². The molecule has 0 aromatic carbocycles. The molecule has 0 saturated carbocycles. The molecular weight excluding hydrogens is 304 g/mol. The fourth-order valence-corrected chi connectivity index (χ4v) is 3.57. The van der Waals surface area contributed by atoms with Gasteiger partial charge in [-0.25, -0.2) is 0 Å². The smallest absolute Gasteiger partial charge is 0.0897 e. The molecule has 0 bridgehead atoms. The Morgan fingerprint density at radius 2 is 2.29 bits per heavy atom. The van der Waals surface area contributed by atoms with E-state index in [-0.39, 0.29) is 6.10 Å². The van der Waals surface area contributed by atoms with Crippen LogP contribution >= 0.6 is 0 Å². The van der Waals surface area contributed by atoms with Gasteiger partial charge in [-0.05, 0) is 31.5 Å². The number of aryl methyl sites for hydroxylation is 1. The van der Waals surface area contributed by atoms with Crippen molar-refractivity contribution in [3.05, 3.63) is 35.9 Å².